The van der Waals surface area contributed by atoms with Gasteiger partial charge in [-0.15, -0.1) is 0 Å². The molecule has 0 radical (unpaired) electrons. The van der Waals surface area contributed by atoms with Gasteiger partial charge in [0.25, 0.3) is 0 Å². The Morgan fingerprint density at radius 2 is 0.893 bits per heavy atom. The molecule has 0 aromatic heterocycles. The quantitative estimate of drug-likeness (QED) is 0.367. The van der Waals surface area contributed by atoms with Crippen molar-refractivity contribution in [3.05, 3.63) is 91.9 Å². The van der Waals surface area contributed by atoms with Crippen LogP contribution in [0.15, 0.2) is 91.1 Å². The summed E-state index contributed by atoms with van der Waals surface area (Å²) in [5, 5.41) is 8.40. The van der Waals surface area contributed by atoms with E-state index < -0.39 is 0 Å². The minimum atomic E-state index is 0.0670. The summed E-state index contributed by atoms with van der Waals surface area (Å²) in [5.74, 6) is 0. The molecular weight excluding hydrogens is 442 g/mol. The van der Waals surface area contributed by atoms with Crippen molar-refractivity contribution < 1.29 is 9.68 Å². The molecule has 2 aromatic rings. The average Bonchev–Trinajstić information content (AvgIpc) is 2.73. The van der Waals surface area contributed by atoms with Crippen molar-refractivity contribution in [2.24, 2.45) is 10.3 Å². The third-order valence-electron chi connectivity index (χ3n) is 3.68. The summed E-state index contributed by atoms with van der Waals surface area (Å²) in [6.45, 7) is 0.471. The topological polar surface area (TPSA) is 43.2 Å². The molecule has 0 fully saturated rings. The van der Waals surface area contributed by atoms with Gasteiger partial charge in [-0.3, -0.25) is 0 Å². The zero-order chi connectivity index (χ0) is 19.9. The lowest BCUT2D eigenvalue weighted by Crippen LogP contribution is -2.21. The van der Waals surface area contributed by atoms with Gasteiger partial charge < -0.3 is 9.68 Å². The Morgan fingerprint density at radius 1 is 0.536 bits per heavy atom. The number of hydrogen-bond acceptors (Lipinski definition) is 4. The summed E-state index contributed by atoms with van der Waals surface area (Å²) in [4.78, 5) is 10.8. The highest BCUT2D eigenvalue weighted by Crippen LogP contribution is 2.36. The van der Waals surface area contributed by atoms with E-state index in [1.54, 1.807) is 0 Å². The van der Waals surface area contributed by atoms with Crippen LogP contribution in [0.5, 0.6) is 0 Å². The maximum atomic E-state index is 6.29. The van der Waals surface area contributed by atoms with Crippen molar-refractivity contribution >= 4 is 57.8 Å². The van der Waals surface area contributed by atoms with E-state index in [9.17, 15) is 0 Å². The standard InChI is InChI=1S/C20H14Cl4N2O2/c21-15-16(22)18(24)20(26-28-12-14-9-5-2-6-10-14)19(17(15)23)25-27-11-13-7-3-1-4-8-13/h1-10H,11-12H2. The largest absolute Gasteiger partial charge is 0.390 e. The first-order valence-electron chi connectivity index (χ1n) is 8.17. The fourth-order valence-corrected chi connectivity index (χ4v) is 3.17. The molecule has 0 bridgehead atoms. The van der Waals surface area contributed by atoms with E-state index >= 15 is 0 Å². The number of nitrogens with zero attached hydrogens (tertiary/aromatic N) is 2. The molecule has 0 saturated heterocycles. The van der Waals surface area contributed by atoms with Crippen LogP contribution in [0.2, 0.25) is 0 Å². The van der Waals surface area contributed by atoms with E-state index in [0.717, 1.165) is 11.1 Å². The molecule has 8 heteroatoms. The van der Waals surface area contributed by atoms with E-state index in [1.807, 2.05) is 60.7 Å². The Hall–Kier alpha value is -1.98. The molecule has 4 nitrogen and oxygen atoms in total. The number of allylic oxidation sites excluding steroid dienone is 4. The fourth-order valence-electron chi connectivity index (χ4n) is 2.27. The lowest BCUT2D eigenvalue weighted by Gasteiger charge is -2.16. The normalized spacial score (nSPS) is 17.4. The van der Waals surface area contributed by atoms with Gasteiger partial charge in [-0.25, -0.2) is 0 Å². The van der Waals surface area contributed by atoms with Crippen molar-refractivity contribution in [1.29, 1.82) is 0 Å². The third kappa shape index (κ3) is 5.09. The lowest BCUT2D eigenvalue weighted by atomic mass is 10.1. The molecule has 1 aliphatic rings. The summed E-state index contributed by atoms with van der Waals surface area (Å²) in [6, 6.07) is 19.1. The highest BCUT2D eigenvalue weighted by molar-refractivity contribution is 6.75. The Bertz CT molecular complexity index is 875. The predicted octanol–water partition coefficient (Wildman–Crippen LogP) is 6.52. The average molecular weight is 456 g/mol. The molecule has 0 N–H and O–H groups in total. The van der Waals surface area contributed by atoms with Gasteiger partial charge in [-0.2, -0.15) is 0 Å². The Labute approximate surface area is 182 Å². The molecule has 3 rings (SSSR count). The van der Waals surface area contributed by atoms with Crippen LogP contribution < -0.4 is 0 Å². The lowest BCUT2D eigenvalue weighted by molar-refractivity contribution is 0.128. The molecule has 0 spiro atoms. The SMILES string of the molecule is ClC1=C(Cl)C(Cl)=C(Cl)C(=NOCc2ccccc2)C1=NOCc1ccccc1. The Morgan fingerprint density at radius 3 is 1.25 bits per heavy atom. The molecule has 0 atom stereocenters. The summed E-state index contributed by atoms with van der Waals surface area (Å²) >= 11 is 24.9. The second-order valence-corrected chi connectivity index (χ2v) is 7.17. The van der Waals surface area contributed by atoms with Crippen molar-refractivity contribution in [2.75, 3.05) is 0 Å². The van der Waals surface area contributed by atoms with Crippen LogP contribution in [0.25, 0.3) is 0 Å². The minimum absolute atomic E-state index is 0.0670. The smallest absolute Gasteiger partial charge is 0.153 e. The predicted molar refractivity (Wildman–Crippen MR) is 115 cm³/mol. The van der Waals surface area contributed by atoms with Crippen LogP contribution in [0.3, 0.4) is 0 Å². The van der Waals surface area contributed by atoms with E-state index in [4.69, 9.17) is 56.1 Å². The first-order valence-corrected chi connectivity index (χ1v) is 9.69. The number of hydrogen-bond donors (Lipinski definition) is 0. The maximum absolute atomic E-state index is 6.29. The molecule has 28 heavy (non-hydrogen) atoms. The van der Waals surface area contributed by atoms with Gasteiger partial charge in [0, 0.05) is 0 Å². The van der Waals surface area contributed by atoms with Crippen LogP contribution in [0, 0.1) is 0 Å². The van der Waals surface area contributed by atoms with Gasteiger partial charge >= 0.3 is 0 Å². The van der Waals surface area contributed by atoms with Crippen LogP contribution in [0.4, 0.5) is 0 Å². The maximum Gasteiger partial charge on any atom is 0.153 e. The van der Waals surface area contributed by atoms with Crippen LogP contribution in [0.1, 0.15) is 11.1 Å². The fraction of sp³-hybridized carbons (Fsp3) is 0.100. The van der Waals surface area contributed by atoms with Crippen LogP contribution in [-0.4, -0.2) is 11.4 Å². The van der Waals surface area contributed by atoms with Gasteiger partial charge in [-0.05, 0) is 11.1 Å². The molecule has 0 saturated carbocycles. The molecule has 2 aromatic carbocycles. The van der Waals surface area contributed by atoms with Gasteiger partial charge in [0.2, 0.25) is 0 Å². The molecule has 0 unspecified atom stereocenters. The number of rotatable bonds is 6. The molecule has 0 heterocycles. The van der Waals surface area contributed by atoms with Crippen molar-refractivity contribution in [3.8, 4) is 0 Å². The molecule has 1 aliphatic carbocycles. The minimum Gasteiger partial charge on any atom is -0.390 e. The van der Waals surface area contributed by atoms with Gasteiger partial charge in [0.05, 0.1) is 20.1 Å². The first kappa shape index (κ1) is 20.7. The molecule has 144 valence electrons. The van der Waals surface area contributed by atoms with Gasteiger partial charge in [0.15, 0.2) is 11.4 Å². The Kier molecular flexibility index (Phi) is 7.40. The van der Waals surface area contributed by atoms with E-state index in [1.165, 1.54) is 0 Å². The molecule has 0 aliphatic heterocycles. The van der Waals surface area contributed by atoms with E-state index in [0.29, 0.717) is 0 Å². The molecular formula is C20H14Cl4N2O2. The number of halogens is 4. The summed E-state index contributed by atoms with van der Waals surface area (Å²) in [5.41, 5.74) is 2.16. The highest BCUT2D eigenvalue weighted by atomic mass is 35.5. The number of oxime groups is 2. The highest BCUT2D eigenvalue weighted by Gasteiger charge is 2.30. The second kappa shape index (κ2) is 9.99. The van der Waals surface area contributed by atoms with Crippen molar-refractivity contribution in [1.82, 2.24) is 0 Å². The van der Waals surface area contributed by atoms with E-state index in [2.05, 4.69) is 10.3 Å². The zero-order valence-corrected chi connectivity index (χ0v) is 17.4. The van der Waals surface area contributed by atoms with Gasteiger partial charge in [-0.1, -0.05) is 117 Å². The van der Waals surface area contributed by atoms with E-state index in [-0.39, 0.29) is 44.8 Å². The monoisotopic (exact) mass is 454 g/mol. The second-order valence-electron chi connectivity index (χ2n) is 5.65. The van der Waals surface area contributed by atoms with Crippen molar-refractivity contribution in [3.63, 3.8) is 0 Å². The third-order valence-corrected chi connectivity index (χ3v) is 5.46. The Balaban J connectivity index is 1.81. The van der Waals surface area contributed by atoms with Crippen molar-refractivity contribution in [2.45, 2.75) is 13.2 Å². The van der Waals surface area contributed by atoms with Gasteiger partial charge in [0.1, 0.15) is 13.2 Å². The number of benzene rings is 2. The zero-order valence-electron chi connectivity index (χ0n) is 14.4. The van der Waals surface area contributed by atoms with Crippen LogP contribution in [-0.2, 0) is 22.9 Å². The summed E-state index contributed by atoms with van der Waals surface area (Å²) in [7, 11) is 0. The summed E-state index contributed by atoms with van der Waals surface area (Å²) in [6.07, 6.45) is 0. The first-order chi connectivity index (χ1) is 13.6. The van der Waals surface area contributed by atoms with Crippen LogP contribution >= 0.6 is 46.4 Å². The summed E-state index contributed by atoms with van der Waals surface area (Å²) < 4.78 is 0. The molecule has 0 amide bonds.